The molecule has 0 aromatic heterocycles. The molecule has 0 radical (unpaired) electrons. The Morgan fingerprint density at radius 1 is 1.30 bits per heavy atom. The topological polar surface area (TPSA) is 84.2 Å². The van der Waals surface area contributed by atoms with Crippen molar-refractivity contribution in [2.45, 2.75) is 24.2 Å². The van der Waals surface area contributed by atoms with Crippen LogP contribution in [0.5, 0.6) is 0 Å². The van der Waals surface area contributed by atoms with E-state index in [1.165, 1.54) is 0 Å². The van der Waals surface area contributed by atoms with E-state index in [1.807, 2.05) is 0 Å². The van der Waals surface area contributed by atoms with E-state index < -0.39 is 15.8 Å². The number of benzene rings is 1. The highest BCUT2D eigenvalue weighted by Gasteiger charge is 2.67. The van der Waals surface area contributed by atoms with Crippen LogP contribution in [0.1, 0.15) is 18.9 Å². The maximum absolute atomic E-state index is 12.0. The van der Waals surface area contributed by atoms with Gasteiger partial charge in [-0.05, 0) is 31.0 Å². The molecule has 1 aromatic carbocycles. The summed E-state index contributed by atoms with van der Waals surface area (Å²) in [5.74, 6) is -0.165. The van der Waals surface area contributed by atoms with Gasteiger partial charge >= 0.3 is 6.03 Å². The lowest BCUT2D eigenvalue weighted by Crippen LogP contribution is -2.32. The smallest absolute Gasteiger partial charge is 0.316 e. The van der Waals surface area contributed by atoms with Crippen LogP contribution in [0.15, 0.2) is 24.3 Å². The lowest BCUT2D eigenvalue weighted by atomic mass is 10.1. The molecule has 1 saturated carbocycles. The van der Waals surface area contributed by atoms with E-state index in [2.05, 4.69) is 10.6 Å². The number of nitrogens with two attached hydrogens (primary N) is 1. The first-order valence-electron chi connectivity index (χ1n) is 6.06. The molecule has 1 atom stereocenters. The van der Waals surface area contributed by atoms with Crippen LogP contribution in [-0.4, -0.2) is 16.3 Å². The molecule has 20 heavy (non-hydrogen) atoms. The van der Waals surface area contributed by atoms with Crippen molar-refractivity contribution in [3.63, 3.8) is 0 Å². The van der Waals surface area contributed by atoms with Crippen molar-refractivity contribution in [3.8, 4) is 0 Å². The van der Waals surface area contributed by atoms with Crippen LogP contribution in [0.3, 0.4) is 0 Å². The molecule has 1 aliphatic carbocycles. The molecule has 3 amide bonds. The van der Waals surface area contributed by atoms with Gasteiger partial charge in [-0.2, -0.15) is 0 Å². The Bertz CT molecular complexity index is 545. The predicted octanol–water partition coefficient (Wildman–Crippen LogP) is 2.38. The molecule has 1 aromatic rings. The van der Waals surface area contributed by atoms with Crippen molar-refractivity contribution < 1.29 is 9.59 Å². The Morgan fingerprint density at radius 3 is 2.30 bits per heavy atom. The number of rotatable bonds is 4. The lowest BCUT2D eigenvalue weighted by molar-refractivity contribution is -0.125. The van der Waals surface area contributed by atoms with E-state index in [-0.39, 0.29) is 5.91 Å². The molecule has 1 aliphatic rings. The highest BCUT2D eigenvalue weighted by molar-refractivity contribution is 6.53. The van der Waals surface area contributed by atoms with Crippen LogP contribution in [0.25, 0.3) is 0 Å². The highest BCUT2D eigenvalue weighted by Crippen LogP contribution is 2.63. The summed E-state index contributed by atoms with van der Waals surface area (Å²) in [4.78, 5) is 22.7. The van der Waals surface area contributed by atoms with E-state index in [4.69, 9.17) is 28.9 Å². The molecule has 1 fully saturated rings. The van der Waals surface area contributed by atoms with Crippen molar-refractivity contribution in [2.75, 3.05) is 5.32 Å². The van der Waals surface area contributed by atoms with Gasteiger partial charge in [-0.3, -0.25) is 4.79 Å². The van der Waals surface area contributed by atoms with Crippen LogP contribution in [0, 0.1) is 5.41 Å². The molecule has 1 unspecified atom stereocenters. The van der Waals surface area contributed by atoms with Crippen molar-refractivity contribution in [1.82, 2.24) is 5.32 Å². The predicted molar refractivity (Wildman–Crippen MR) is 78.7 cm³/mol. The maximum atomic E-state index is 12.0. The molecule has 7 heteroatoms. The highest BCUT2D eigenvalue weighted by atomic mass is 35.5. The summed E-state index contributed by atoms with van der Waals surface area (Å²) >= 11 is 11.9. The fourth-order valence-electron chi connectivity index (χ4n) is 1.87. The van der Waals surface area contributed by atoms with Crippen molar-refractivity contribution >= 4 is 40.8 Å². The number of alkyl halides is 2. The van der Waals surface area contributed by atoms with Gasteiger partial charge in [0.05, 0.1) is 5.41 Å². The minimum absolute atomic E-state index is 0.165. The Hall–Kier alpha value is -1.46. The minimum atomic E-state index is -0.966. The number of halogens is 2. The van der Waals surface area contributed by atoms with Gasteiger partial charge in [0.2, 0.25) is 5.91 Å². The minimum Gasteiger partial charge on any atom is -0.351 e. The zero-order valence-electron chi connectivity index (χ0n) is 10.9. The van der Waals surface area contributed by atoms with Gasteiger partial charge in [-0.25, -0.2) is 4.79 Å². The van der Waals surface area contributed by atoms with E-state index in [0.29, 0.717) is 18.7 Å². The van der Waals surface area contributed by atoms with E-state index in [1.54, 1.807) is 31.2 Å². The molecule has 2 rings (SSSR count). The first-order chi connectivity index (χ1) is 9.24. The Labute approximate surface area is 126 Å². The van der Waals surface area contributed by atoms with Crippen LogP contribution in [-0.2, 0) is 11.3 Å². The normalized spacial score (nSPS) is 22.9. The zero-order valence-corrected chi connectivity index (χ0v) is 12.4. The molecule has 0 bridgehead atoms. The fraction of sp³-hybridized carbons (Fsp3) is 0.385. The number of carbonyl (C=O) groups is 2. The van der Waals surface area contributed by atoms with Gasteiger partial charge in [-0.1, -0.05) is 12.1 Å². The molecule has 0 saturated heterocycles. The number of hydrogen-bond acceptors (Lipinski definition) is 2. The molecule has 4 N–H and O–H groups in total. The second-order valence-corrected chi connectivity index (χ2v) is 6.57. The van der Waals surface area contributed by atoms with Gasteiger partial charge < -0.3 is 16.4 Å². The molecular weight excluding hydrogens is 301 g/mol. The fourth-order valence-corrected chi connectivity index (χ4v) is 2.58. The quantitative estimate of drug-likeness (QED) is 0.745. The third kappa shape index (κ3) is 2.99. The average molecular weight is 316 g/mol. The van der Waals surface area contributed by atoms with E-state index in [9.17, 15) is 9.59 Å². The van der Waals surface area contributed by atoms with Crippen molar-refractivity contribution in [3.05, 3.63) is 29.8 Å². The second-order valence-electron chi connectivity index (χ2n) is 5.08. The summed E-state index contributed by atoms with van der Waals surface area (Å²) in [5.41, 5.74) is 5.79. The number of urea groups is 1. The average Bonchev–Trinajstić information content (AvgIpc) is 2.88. The largest absolute Gasteiger partial charge is 0.351 e. The van der Waals surface area contributed by atoms with Gasteiger partial charge in [-0.15, -0.1) is 23.2 Å². The van der Waals surface area contributed by atoms with Gasteiger partial charge in [0.1, 0.15) is 4.33 Å². The summed E-state index contributed by atoms with van der Waals surface area (Å²) in [6.07, 6.45) is 0.455. The third-order valence-electron chi connectivity index (χ3n) is 3.43. The lowest BCUT2D eigenvalue weighted by Gasteiger charge is -2.12. The van der Waals surface area contributed by atoms with Gasteiger partial charge in [0, 0.05) is 12.2 Å². The van der Waals surface area contributed by atoms with E-state index in [0.717, 1.165) is 5.56 Å². The number of amides is 3. The standard InChI is InChI=1S/C13H15Cl2N3O2/c1-12(7-13(12,14)15)10(19)17-6-8-2-4-9(5-3-8)18-11(16)20/h2-5H,6-7H2,1H3,(H,17,19)(H3,16,18,20). The first kappa shape index (κ1) is 14.9. The molecule has 108 valence electrons. The first-order valence-corrected chi connectivity index (χ1v) is 6.82. The van der Waals surface area contributed by atoms with Gasteiger partial charge in [0.25, 0.3) is 0 Å². The maximum Gasteiger partial charge on any atom is 0.316 e. The van der Waals surface area contributed by atoms with Crippen LogP contribution in [0.2, 0.25) is 0 Å². The molecule has 0 heterocycles. The summed E-state index contributed by atoms with van der Waals surface area (Å²) in [7, 11) is 0. The molecule has 5 nitrogen and oxygen atoms in total. The summed E-state index contributed by atoms with van der Waals surface area (Å²) in [6, 6.07) is 6.37. The van der Waals surface area contributed by atoms with Crippen molar-refractivity contribution in [1.29, 1.82) is 0 Å². The molecule has 0 spiro atoms. The SMILES string of the molecule is CC1(C(=O)NCc2ccc(NC(N)=O)cc2)CC1(Cl)Cl. The number of anilines is 1. The second kappa shape index (κ2) is 5.14. The summed E-state index contributed by atoms with van der Waals surface area (Å²) in [6.45, 7) is 2.11. The molecule has 0 aliphatic heterocycles. The number of carbonyl (C=O) groups excluding carboxylic acids is 2. The third-order valence-corrected chi connectivity index (χ3v) is 4.54. The van der Waals surface area contributed by atoms with Crippen molar-refractivity contribution in [2.24, 2.45) is 11.1 Å². The Balaban J connectivity index is 1.89. The Morgan fingerprint density at radius 2 is 1.85 bits per heavy atom. The van der Waals surface area contributed by atoms with Crippen LogP contribution < -0.4 is 16.4 Å². The Kier molecular flexibility index (Phi) is 3.84. The van der Waals surface area contributed by atoms with E-state index >= 15 is 0 Å². The van der Waals surface area contributed by atoms with Crippen LogP contribution >= 0.6 is 23.2 Å². The number of primary amides is 1. The summed E-state index contributed by atoms with van der Waals surface area (Å²) in [5, 5.41) is 5.26. The number of hydrogen-bond donors (Lipinski definition) is 3. The summed E-state index contributed by atoms with van der Waals surface area (Å²) < 4.78 is -0.966. The van der Waals surface area contributed by atoms with Gasteiger partial charge in [0.15, 0.2) is 0 Å². The van der Waals surface area contributed by atoms with Crippen LogP contribution in [0.4, 0.5) is 10.5 Å². The monoisotopic (exact) mass is 315 g/mol. The zero-order chi connectivity index (χ0) is 15.0. The molecular formula is C13H15Cl2N3O2. The number of nitrogens with one attached hydrogen (secondary N) is 2.